The fourth-order valence-corrected chi connectivity index (χ4v) is 4.09. The molecule has 0 spiro atoms. The van der Waals surface area contributed by atoms with E-state index in [1.807, 2.05) is 18.2 Å². The van der Waals surface area contributed by atoms with Crippen LogP contribution in [0.5, 0.6) is 17.2 Å². The fourth-order valence-electron chi connectivity index (χ4n) is 4.09. The Morgan fingerprint density at radius 2 is 1.76 bits per heavy atom. The van der Waals surface area contributed by atoms with Crippen LogP contribution < -0.4 is 19.1 Å². The Morgan fingerprint density at radius 3 is 2.48 bits per heavy atom. The van der Waals surface area contributed by atoms with E-state index in [1.54, 1.807) is 49.3 Å². The lowest BCUT2D eigenvalue weighted by atomic mass is 10.1. The number of methoxy groups -OCH3 is 3. The van der Waals surface area contributed by atoms with E-state index in [1.165, 1.54) is 0 Å². The number of amides is 2. The van der Waals surface area contributed by atoms with Crippen LogP contribution in [0.1, 0.15) is 28.8 Å². The summed E-state index contributed by atoms with van der Waals surface area (Å²) in [6, 6.07) is 10.4. The van der Waals surface area contributed by atoms with Crippen molar-refractivity contribution >= 4 is 17.5 Å². The van der Waals surface area contributed by atoms with Crippen LogP contribution in [-0.4, -0.2) is 50.6 Å². The molecular formula is C22H24N2O5. The van der Waals surface area contributed by atoms with Crippen molar-refractivity contribution in [3.05, 3.63) is 47.5 Å². The number of benzene rings is 2. The summed E-state index contributed by atoms with van der Waals surface area (Å²) < 4.78 is 16.0. The molecule has 2 aliphatic heterocycles. The molecule has 0 aromatic heterocycles. The molecule has 1 saturated heterocycles. The summed E-state index contributed by atoms with van der Waals surface area (Å²) >= 11 is 0. The molecule has 0 bridgehead atoms. The molecule has 0 radical (unpaired) electrons. The minimum Gasteiger partial charge on any atom is -0.497 e. The standard InChI is InChI=1S/C22H24N2O5/c1-27-15-7-8-17-16(12-15)21(25)23-10-4-5-18(23)22(26)24(17)13-14-6-9-19(28-2)20(11-14)29-3/h6-9,11-12,18H,4-5,10,13H2,1-3H3/t18-/m0/s1. The van der Waals surface area contributed by atoms with Gasteiger partial charge < -0.3 is 24.0 Å². The Balaban J connectivity index is 1.78. The molecule has 152 valence electrons. The highest BCUT2D eigenvalue weighted by molar-refractivity contribution is 6.11. The first-order chi connectivity index (χ1) is 14.1. The van der Waals surface area contributed by atoms with Gasteiger partial charge in [-0.1, -0.05) is 6.07 Å². The van der Waals surface area contributed by atoms with Crippen LogP contribution in [0.4, 0.5) is 5.69 Å². The largest absolute Gasteiger partial charge is 0.497 e. The van der Waals surface area contributed by atoms with E-state index >= 15 is 0 Å². The number of carbonyl (C=O) groups excluding carboxylic acids is 2. The van der Waals surface area contributed by atoms with Gasteiger partial charge in [-0.15, -0.1) is 0 Å². The van der Waals surface area contributed by atoms with Gasteiger partial charge in [0.1, 0.15) is 11.8 Å². The molecule has 2 aliphatic rings. The molecule has 0 saturated carbocycles. The summed E-state index contributed by atoms with van der Waals surface area (Å²) in [5, 5.41) is 0. The van der Waals surface area contributed by atoms with Crippen LogP contribution >= 0.6 is 0 Å². The van der Waals surface area contributed by atoms with Gasteiger partial charge in [0.15, 0.2) is 11.5 Å². The Hall–Kier alpha value is -3.22. The highest BCUT2D eigenvalue weighted by Crippen LogP contribution is 2.36. The van der Waals surface area contributed by atoms with Gasteiger partial charge in [-0.3, -0.25) is 9.59 Å². The summed E-state index contributed by atoms with van der Waals surface area (Å²) in [6.45, 7) is 0.923. The maximum atomic E-state index is 13.4. The van der Waals surface area contributed by atoms with E-state index in [0.29, 0.717) is 48.0 Å². The summed E-state index contributed by atoms with van der Waals surface area (Å²) in [5.74, 6) is 1.63. The first-order valence-corrected chi connectivity index (χ1v) is 9.58. The molecule has 7 heteroatoms. The summed E-state index contributed by atoms with van der Waals surface area (Å²) in [4.78, 5) is 30.0. The lowest BCUT2D eigenvalue weighted by Crippen LogP contribution is -2.44. The van der Waals surface area contributed by atoms with Gasteiger partial charge in [0.2, 0.25) is 5.91 Å². The first-order valence-electron chi connectivity index (χ1n) is 9.58. The zero-order valence-corrected chi connectivity index (χ0v) is 16.8. The molecule has 7 nitrogen and oxygen atoms in total. The van der Waals surface area contributed by atoms with Crippen LogP contribution in [-0.2, 0) is 11.3 Å². The molecule has 1 atom stereocenters. The molecule has 0 aliphatic carbocycles. The van der Waals surface area contributed by atoms with Crippen LogP contribution in [0.3, 0.4) is 0 Å². The van der Waals surface area contributed by atoms with Crippen molar-refractivity contribution in [3.8, 4) is 17.2 Å². The number of nitrogens with zero attached hydrogens (tertiary/aromatic N) is 2. The monoisotopic (exact) mass is 396 g/mol. The van der Waals surface area contributed by atoms with Crippen molar-refractivity contribution in [2.75, 3.05) is 32.8 Å². The molecule has 0 N–H and O–H groups in total. The molecule has 1 fully saturated rings. The van der Waals surface area contributed by atoms with E-state index in [9.17, 15) is 9.59 Å². The highest BCUT2D eigenvalue weighted by atomic mass is 16.5. The quantitative estimate of drug-likeness (QED) is 0.777. The highest BCUT2D eigenvalue weighted by Gasteiger charge is 2.42. The zero-order valence-electron chi connectivity index (χ0n) is 16.8. The average Bonchev–Trinajstić information content (AvgIpc) is 3.23. The van der Waals surface area contributed by atoms with Crippen molar-refractivity contribution in [1.29, 1.82) is 0 Å². The van der Waals surface area contributed by atoms with Crippen LogP contribution in [0.2, 0.25) is 0 Å². The lowest BCUT2D eigenvalue weighted by Gasteiger charge is -2.26. The molecule has 29 heavy (non-hydrogen) atoms. The van der Waals surface area contributed by atoms with Gasteiger partial charge in [0.25, 0.3) is 5.91 Å². The Morgan fingerprint density at radius 1 is 0.966 bits per heavy atom. The minimum atomic E-state index is -0.430. The second kappa shape index (κ2) is 7.66. The van der Waals surface area contributed by atoms with Crippen molar-refractivity contribution in [3.63, 3.8) is 0 Å². The molecule has 4 rings (SSSR count). The predicted molar refractivity (Wildman–Crippen MR) is 108 cm³/mol. The van der Waals surface area contributed by atoms with E-state index in [4.69, 9.17) is 14.2 Å². The number of carbonyl (C=O) groups is 2. The van der Waals surface area contributed by atoms with E-state index in [2.05, 4.69) is 0 Å². The lowest BCUT2D eigenvalue weighted by molar-refractivity contribution is -0.122. The molecule has 2 aromatic rings. The van der Waals surface area contributed by atoms with Crippen LogP contribution in [0.15, 0.2) is 36.4 Å². The SMILES string of the molecule is COc1ccc2c(c1)C(=O)N1CCC[C@H]1C(=O)N2Cc1ccc(OC)c(OC)c1. The van der Waals surface area contributed by atoms with E-state index < -0.39 is 6.04 Å². The van der Waals surface area contributed by atoms with Crippen LogP contribution in [0.25, 0.3) is 0 Å². The number of hydrogen-bond donors (Lipinski definition) is 0. The van der Waals surface area contributed by atoms with Crippen molar-refractivity contribution in [2.45, 2.75) is 25.4 Å². The van der Waals surface area contributed by atoms with Crippen molar-refractivity contribution in [1.82, 2.24) is 4.90 Å². The number of ether oxygens (including phenoxy) is 3. The van der Waals surface area contributed by atoms with E-state index in [-0.39, 0.29) is 11.8 Å². The van der Waals surface area contributed by atoms with Gasteiger partial charge in [-0.05, 0) is 48.7 Å². The zero-order chi connectivity index (χ0) is 20.5. The Kier molecular flexibility index (Phi) is 5.05. The minimum absolute atomic E-state index is 0.0606. The number of rotatable bonds is 5. The molecule has 0 unspecified atom stereocenters. The van der Waals surface area contributed by atoms with Gasteiger partial charge in [-0.25, -0.2) is 0 Å². The number of hydrogen-bond acceptors (Lipinski definition) is 5. The first kappa shape index (κ1) is 19.1. The molecular weight excluding hydrogens is 372 g/mol. The maximum Gasteiger partial charge on any atom is 0.256 e. The van der Waals surface area contributed by atoms with Crippen molar-refractivity contribution < 1.29 is 23.8 Å². The smallest absolute Gasteiger partial charge is 0.256 e. The topological polar surface area (TPSA) is 68.3 Å². The summed E-state index contributed by atoms with van der Waals surface area (Å²) in [6.07, 6.45) is 1.50. The summed E-state index contributed by atoms with van der Waals surface area (Å²) in [7, 11) is 4.73. The number of fused-ring (bicyclic) bond motifs is 2. The second-order valence-corrected chi connectivity index (χ2v) is 7.15. The van der Waals surface area contributed by atoms with Gasteiger partial charge in [-0.2, -0.15) is 0 Å². The number of anilines is 1. The van der Waals surface area contributed by atoms with Gasteiger partial charge >= 0.3 is 0 Å². The Bertz CT molecular complexity index is 958. The third-order valence-electron chi connectivity index (χ3n) is 5.58. The fraction of sp³-hybridized carbons (Fsp3) is 0.364. The molecule has 2 heterocycles. The predicted octanol–water partition coefficient (Wildman–Crippen LogP) is 2.86. The summed E-state index contributed by atoms with van der Waals surface area (Å²) in [5.41, 5.74) is 1.98. The molecule has 2 aromatic carbocycles. The normalized spacial score (nSPS) is 18.2. The average molecular weight is 396 g/mol. The van der Waals surface area contributed by atoms with Gasteiger partial charge in [0.05, 0.1) is 39.1 Å². The van der Waals surface area contributed by atoms with Gasteiger partial charge in [0, 0.05) is 6.54 Å². The van der Waals surface area contributed by atoms with Crippen LogP contribution in [0, 0.1) is 0 Å². The second-order valence-electron chi connectivity index (χ2n) is 7.15. The third-order valence-corrected chi connectivity index (χ3v) is 5.58. The molecule has 2 amide bonds. The van der Waals surface area contributed by atoms with E-state index in [0.717, 1.165) is 12.0 Å². The third kappa shape index (κ3) is 3.26. The van der Waals surface area contributed by atoms with Crippen molar-refractivity contribution in [2.24, 2.45) is 0 Å². The maximum absolute atomic E-state index is 13.4. The Labute approximate surface area is 169 Å².